The Morgan fingerprint density at radius 3 is 2.56 bits per heavy atom. The summed E-state index contributed by atoms with van der Waals surface area (Å²) < 4.78 is 16.4. The van der Waals surface area contributed by atoms with Crippen LogP contribution in [0.2, 0.25) is 0 Å². The third-order valence-electron chi connectivity index (χ3n) is 2.73. The van der Waals surface area contributed by atoms with Gasteiger partial charge in [-0.15, -0.1) is 0 Å². The Morgan fingerprint density at radius 2 is 2.00 bits per heavy atom. The van der Waals surface area contributed by atoms with Gasteiger partial charge in [0.25, 0.3) is 0 Å². The number of ether oxygens (including phenoxy) is 1. The van der Waals surface area contributed by atoms with Crippen molar-refractivity contribution in [2.24, 2.45) is 0 Å². The first-order valence-corrected chi connectivity index (χ1v) is 8.09. The molecule has 1 rings (SSSR count). The van der Waals surface area contributed by atoms with E-state index in [-0.39, 0.29) is 0 Å². The molecule has 0 aliphatic carbocycles. The summed E-state index contributed by atoms with van der Waals surface area (Å²) in [7, 11) is -0.696. The smallest absolute Gasteiger partial charge is 0.119 e. The molecular formula is C14H23NO2S. The first-order valence-electron chi connectivity index (χ1n) is 6.37. The maximum absolute atomic E-state index is 11.0. The predicted molar refractivity (Wildman–Crippen MR) is 77.5 cm³/mol. The molecule has 0 fully saturated rings. The highest BCUT2D eigenvalue weighted by Crippen LogP contribution is 2.12. The van der Waals surface area contributed by atoms with E-state index >= 15 is 0 Å². The predicted octanol–water partition coefficient (Wildman–Crippen LogP) is 2.33. The summed E-state index contributed by atoms with van der Waals surface area (Å²) in [5.41, 5.74) is 1.24. The summed E-state index contributed by atoms with van der Waals surface area (Å²) in [6, 6.07) is 8.52. The molecule has 0 aliphatic rings. The van der Waals surface area contributed by atoms with E-state index in [0.717, 1.165) is 24.5 Å². The highest BCUT2D eigenvalue weighted by atomic mass is 32.2. The lowest BCUT2D eigenvalue weighted by atomic mass is 10.2. The van der Waals surface area contributed by atoms with Gasteiger partial charge in [0.15, 0.2) is 0 Å². The SMILES string of the molecule is CCOc1ccc(CNC(C)CCS(C)=O)cc1. The van der Waals surface area contributed by atoms with Crippen LogP contribution in [0.5, 0.6) is 5.75 Å². The number of hydrogen-bond donors (Lipinski definition) is 1. The summed E-state index contributed by atoms with van der Waals surface area (Å²) >= 11 is 0. The van der Waals surface area contributed by atoms with Gasteiger partial charge in [-0.1, -0.05) is 12.1 Å². The van der Waals surface area contributed by atoms with Gasteiger partial charge < -0.3 is 10.1 Å². The molecule has 1 N–H and O–H groups in total. The van der Waals surface area contributed by atoms with Crippen molar-refractivity contribution in [1.82, 2.24) is 5.32 Å². The molecule has 2 atom stereocenters. The second-order valence-electron chi connectivity index (χ2n) is 4.42. The van der Waals surface area contributed by atoms with E-state index < -0.39 is 10.8 Å². The van der Waals surface area contributed by atoms with Gasteiger partial charge in [0.2, 0.25) is 0 Å². The van der Waals surface area contributed by atoms with Crippen molar-refractivity contribution in [3.63, 3.8) is 0 Å². The Hall–Kier alpha value is -0.870. The molecule has 0 aliphatic heterocycles. The van der Waals surface area contributed by atoms with Crippen LogP contribution in [0.3, 0.4) is 0 Å². The summed E-state index contributed by atoms with van der Waals surface area (Å²) in [6.07, 6.45) is 2.69. The zero-order chi connectivity index (χ0) is 13.4. The minimum absolute atomic E-state index is 0.389. The van der Waals surface area contributed by atoms with Gasteiger partial charge in [0, 0.05) is 35.4 Å². The fraction of sp³-hybridized carbons (Fsp3) is 0.571. The topological polar surface area (TPSA) is 38.3 Å². The fourth-order valence-corrected chi connectivity index (χ4v) is 2.29. The van der Waals surface area contributed by atoms with Crippen molar-refractivity contribution in [2.75, 3.05) is 18.6 Å². The first kappa shape index (κ1) is 15.2. The maximum atomic E-state index is 11.0. The number of rotatable bonds is 8. The molecule has 0 heterocycles. The lowest BCUT2D eigenvalue weighted by Gasteiger charge is -2.13. The molecule has 1 aromatic rings. The highest BCUT2D eigenvalue weighted by molar-refractivity contribution is 7.84. The van der Waals surface area contributed by atoms with Crippen LogP contribution >= 0.6 is 0 Å². The van der Waals surface area contributed by atoms with Gasteiger partial charge in [-0.05, 0) is 38.0 Å². The average molecular weight is 269 g/mol. The van der Waals surface area contributed by atoms with Gasteiger partial charge >= 0.3 is 0 Å². The van der Waals surface area contributed by atoms with Gasteiger partial charge in [0.05, 0.1) is 6.61 Å². The van der Waals surface area contributed by atoms with E-state index in [4.69, 9.17) is 4.74 Å². The largest absolute Gasteiger partial charge is 0.494 e. The molecule has 0 saturated carbocycles. The van der Waals surface area contributed by atoms with E-state index in [9.17, 15) is 4.21 Å². The zero-order valence-electron chi connectivity index (χ0n) is 11.4. The fourth-order valence-electron chi connectivity index (χ4n) is 1.61. The van der Waals surface area contributed by atoms with Crippen molar-refractivity contribution in [3.05, 3.63) is 29.8 Å². The molecule has 0 bridgehead atoms. The van der Waals surface area contributed by atoms with Crippen LogP contribution in [-0.4, -0.2) is 28.9 Å². The third-order valence-corrected chi connectivity index (χ3v) is 3.54. The minimum Gasteiger partial charge on any atom is -0.494 e. The summed E-state index contributed by atoms with van der Waals surface area (Å²) in [6.45, 7) is 5.64. The average Bonchev–Trinajstić information content (AvgIpc) is 2.36. The number of hydrogen-bond acceptors (Lipinski definition) is 3. The zero-order valence-corrected chi connectivity index (χ0v) is 12.3. The third kappa shape index (κ3) is 6.17. The molecule has 4 heteroatoms. The van der Waals surface area contributed by atoms with E-state index in [1.165, 1.54) is 5.56 Å². The van der Waals surface area contributed by atoms with E-state index in [2.05, 4.69) is 24.4 Å². The van der Waals surface area contributed by atoms with Crippen molar-refractivity contribution in [2.45, 2.75) is 32.9 Å². The first-order chi connectivity index (χ1) is 8.61. The van der Waals surface area contributed by atoms with E-state index in [1.807, 2.05) is 19.1 Å². The normalized spacial score (nSPS) is 14.2. The van der Waals surface area contributed by atoms with Crippen molar-refractivity contribution in [3.8, 4) is 5.75 Å². The molecule has 3 nitrogen and oxygen atoms in total. The van der Waals surface area contributed by atoms with Crippen LogP contribution in [0.1, 0.15) is 25.8 Å². The van der Waals surface area contributed by atoms with E-state index in [0.29, 0.717) is 12.6 Å². The Bertz CT molecular complexity index is 365. The molecule has 0 amide bonds. The second kappa shape index (κ2) is 8.27. The molecule has 0 saturated heterocycles. The van der Waals surface area contributed by atoms with Crippen LogP contribution in [0.25, 0.3) is 0 Å². The summed E-state index contributed by atoms with van der Waals surface area (Å²) in [5.74, 6) is 1.67. The van der Waals surface area contributed by atoms with Crippen LogP contribution < -0.4 is 10.1 Å². The molecule has 1 aromatic carbocycles. The van der Waals surface area contributed by atoms with Gasteiger partial charge in [-0.25, -0.2) is 0 Å². The number of nitrogens with one attached hydrogen (secondary N) is 1. The molecular weight excluding hydrogens is 246 g/mol. The van der Waals surface area contributed by atoms with Gasteiger partial charge in [0.1, 0.15) is 5.75 Å². The van der Waals surface area contributed by atoms with Crippen molar-refractivity contribution >= 4 is 10.8 Å². The Kier molecular flexibility index (Phi) is 6.98. The minimum atomic E-state index is -0.696. The number of benzene rings is 1. The maximum Gasteiger partial charge on any atom is 0.119 e. The second-order valence-corrected chi connectivity index (χ2v) is 5.98. The van der Waals surface area contributed by atoms with Crippen molar-refractivity contribution in [1.29, 1.82) is 0 Å². The lowest BCUT2D eigenvalue weighted by Crippen LogP contribution is -2.26. The summed E-state index contributed by atoms with van der Waals surface area (Å²) in [5, 5.41) is 3.43. The van der Waals surface area contributed by atoms with Crippen molar-refractivity contribution < 1.29 is 8.95 Å². The van der Waals surface area contributed by atoms with Crippen LogP contribution in [-0.2, 0) is 17.3 Å². The molecule has 102 valence electrons. The van der Waals surface area contributed by atoms with Crippen LogP contribution in [0.15, 0.2) is 24.3 Å². The monoisotopic (exact) mass is 269 g/mol. The standard InChI is InChI=1S/C14H23NO2S/c1-4-17-14-7-5-13(6-8-14)11-15-12(2)9-10-18(3)16/h5-8,12,15H,4,9-11H2,1-3H3. The van der Waals surface area contributed by atoms with Gasteiger partial charge in [-0.2, -0.15) is 0 Å². The summed E-state index contributed by atoms with van der Waals surface area (Å²) in [4.78, 5) is 0. The lowest BCUT2D eigenvalue weighted by molar-refractivity contribution is 0.340. The quantitative estimate of drug-likeness (QED) is 0.787. The molecule has 2 unspecified atom stereocenters. The Labute approximate surface area is 112 Å². The molecule has 0 radical (unpaired) electrons. The van der Waals surface area contributed by atoms with Gasteiger partial charge in [-0.3, -0.25) is 4.21 Å². The Morgan fingerprint density at radius 1 is 1.33 bits per heavy atom. The van der Waals surface area contributed by atoms with E-state index in [1.54, 1.807) is 6.26 Å². The van der Waals surface area contributed by atoms with Crippen LogP contribution in [0, 0.1) is 0 Å². The molecule has 0 spiro atoms. The Balaban J connectivity index is 2.31. The highest BCUT2D eigenvalue weighted by Gasteiger charge is 2.03. The molecule has 0 aromatic heterocycles. The molecule has 18 heavy (non-hydrogen) atoms. The van der Waals surface area contributed by atoms with Crippen LogP contribution in [0.4, 0.5) is 0 Å².